The van der Waals surface area contributed by atoms with Crippen LogP contribution in [0.3, 0.4) is 0 Å². The molecule has 1 aromatic carbocycles. The maximum atomic E-state index is 13.4. The number of rotatable bonds is 7. The number of hydrogen-bond acceptors (Lipinski definition) is 7. The molecule has 1 aromatic heterocycles. The van der Waals surface area contributed by atoms with Crippen LogP contribution in [0.5, 0.6) is 0 Å². The molecule has 2 saturated carbocycles. The maximum absolute atomic E-state index is 13.4. The Labute approximate surface area is 238 Å². The van der Waals surface area contributed by atoms with Crippen molar-refractivity contribution in [2.24, 2.45) is 5.41 Å². The zero-order valence-corrected chi connectivity index (χ0v) is 25.9. The van der Waals surface area contributed by atoms with Crippen molar-refractivity contribution in [3.05, 3.63) is 34.5 Å². The number of aliphatic hydroxyl groups is 1. The normalized spacial score (nSPS) is 22.9. The lowest BCUT2D eigenvalue weighted by Crippen LogP contribution is -2.41. The van der Waals surface area contributed by atoms with Crippen molar-refractivity contribution in [3.8, 4) is 10.4 Å². The Morgan fingerprint density at radius 1 is 1.10 bits per heavy atom. The molecule has 3 N–H and O–H groups in total. The summed E-state index contributed by atoms with van der Waals surface area (Å²) in [4.78, 5) is 6.47. The lowest BCUT2D eigenvalue weighted by atomic mass is 9.85. The fourth-order valence-electron chi connectivity index (χ4n) is 6.38. The summed E-state index contributed by atoms with van der Waals surface area (Å²) in [5, 5.41) is 15.2. The highest BCUT2D eigenvalue weighted by Crippen LogP contribution is 2.69. The first-order valence-corrected chi connectivity index (χ1v) is 16.7. The number of aliphatic hydroxyl groups excluding tert-OH is 1. The number of aromatic nitrogens is 1. The van der Waals surface area contributed by atoms with Gasteiger partial charge in [-0.1, -0.05) is 39.7 Å². The molecule has 1 aliphatic heterocycles. The van der Waals surface area contributed by atoms with E-state index in [2.05, 4.69) is 30.8 Å². The molecule has 2 atom stereocenters. The van der Waals surface area contributed by atoms with Crippen molar-refractivity contribution in [2.75, 3.05) is 13.2 Å². The Bertz CT molecular complexity index is 1290. The first-order valence-electron chi connectivity index (χ1n) is 14.4. The summed E-state index contributed by atoms with van der Waals surface area (Å²) in [6, 6.07) is 5.93. The number of ether oxygens (including phenoxy) is 1. The molecule has 216 valence electrons. The highest BCUT2D eigenvalue weighted by Gasteiger charge is 2.57. The van der Waals surface area contributed by atoms with Gasteiger partial charge in [0.15, 0.2) is 6.23 Å². The summed E-state index contributed by atoms with van der Waals surface area (Å²) in [6.07, 6.45) is 7.12. The fourth-order valence-corrected chi connectivity index (χ4v) is 9.27. The number of benzene rings is 1. The van der Waals surface area contributed by atoms with Crippen molar-refractivity contribution in [3.63, 3.8) is 0 Å². The van der Waals surface area contributed by atoms with Gasteiger partial charge >= 0.3 is 0 Å². The zero-order chi connectivity index (χ0) is 28.2. The number of hydrogen-bond donors (Lipinski definition) is 3. The quantitative estimate of drug-likeness (QED) is 0.351. The molecular weight excluding hydrogens is 530 g/mol. The largest absolute Gasteiger partial charge is 0.381 e. The van der Waals surface area contributed by atoms with Crippen LogP contribution in [0.4, 0.5) is 0 Å². The third kappa shape index (κ3) is 6.28. The van der Waals surface area contributed by atoms with Crippen LogP contribution in [0.2, 0.25) is 0 Å². The van der Waals surface area contributed by atoms with Gasteiger partial charge in [-0.15, -0.1) is 11.3 Å². The van der Waals surface area contributed by atoms with Gasteiger partial charge in [0.1, 0.15) is 5.01 Å². The van der Waals surface area contributed by atoms with Crippen LogP contribution >= 0.6 is 11.3 Å². The Morgan fingerprint density at radius 3 is 2.38 bits per heavy atom. The van der Waals surface area contributed by atoms with Gasteiger partial charge in [-0.05, 0) is 87.0 Å². The Hall–Kier alpha value is -1.36. The molecule has 0 bridgehead atoms. The highest BCUT2D eigenvalue weighted by atomic mass is 32.2. The molecule has 0 radical (unpaired) electrons. The van der Waals surface area contributed by atoms with Crippen LogP contribution in [0.1, 0.15) is 115 Å². The number of nitrogens with one attached hydrogen (secondary N) is 2. The van der Waals surface area contributed by atoms with E-state index >= 15 is 0 Å². The molecule has 2 unspecified atom stereocenters. The van der Waals surface area contributed by atoms with Crippen molar-refractivity contribution in [1.82, 2.24) is 15.0 Å². The van der Waals surface area contributed by atoms with E-state index in [1.807, 2.05) is 32.9 Å². The van der Waals surface area contributed by atoms with E-state index in [0.29, 0.717) is 34.4 Å². The molecule has 3 fully saturated rings. The summed E-state index contributed by atoms with van der Waals surface area (Å²) >= 11 is 1.54. The van der Waals surface area contributed by atoms with E-state index < -0.39 is 21.8 Å². The second-order valence-corrected chi connectivity index (χ2v) is 16.5. The summed E-state index contributed by atoms with van der Waals surface area (Å²) in [5.41, 5.74) is 2.22. The van der Waals surface area contributed by atoms with Gasteiger partial charge in [-0.2, -0.15) is 0 Å². The number of thiazole rings is 1. The molecule has 1 spiro atoms. The Kier molecular flexibility index (Phi) is 7.83. The third-order valence-corrected chi connectivity index (χ3v) is 11.4. The van der Waals surface area contributed by atoms with Crippen LogP contribution in [-0.4, -0.2) is 43.3 Å². The fraction of sp³-hybridized carbons (Fsp3) is 0.700. The van der Waals surface area contributed by atoms with Gasteiger partial charge in [0, 0.05) is 30.7 Å². The van der Waals surface area contributed by atoms with Crippen LogP contribution in [0.25, 0.3) is 10.4 Å². The van der Waals surface area contributed by atoms with Crippen LogP contribution in [0, 0.1) is 5.41 Å². The lowest BCUT2D eigenvalue weighted by Gasteiger charge is -2.26. The minimum atomic E-state index is -3.71. The van der Waals surface area contributed by atoms with Crippen molar-refractivity contribution < 1.29 is 18.3 Å². The second-order valence-electron chi connectivity index (χ2n) is 13.9. The first-order chi connectivity index (χ1) is 18.2. The van der Waals surface area contributed by atoms with Crippen molar-refractivity contribution >= 4 is 21.4 Å². The number of sulfonamides is 1. The van der Waals surface area contributed by atoms with E-state index in [0.717, 1.165) is 41.0 Å². The van der Waals surface area contributed by atoms with Gasteiger partial charge in [0.05, 0.1) is 15.5 Å². The lowest BCUT2D eigenvalue weighted by molar-refractivity contribution is 0.0490. The molecule has 0 amide bonds. The third-order valence-electron chi connectivity index (χ3n) is 8.42. The summed E-state index contributed by atoms with van der Waals surface area (Å²) in [7, 11) is -3.71. The molecule has 9 heteroatoms. The molecule has 39 heavy (non-hydrogen) atoms. The van der Waals surface area contributed by atoms with E-state index in [1.165, 1.54) is 25.7 Å². The van der Waals surface area contributed by atoms with Crippen molar-refractivity contribution in [1.29, 1.82) is 0 Å². The molecule has 2 heterocycles. The molecule has 3 aliphatic rings. The Balaban J connectivity index is 1.55. The van der Waals surface area contributed by atoms with E-state index in [9.17, 15) is 13.5 Å². The molecule has 2 aliphatic carbocycles. The minimum Gasteiger partial charge on any atom is -0.381 e. The highest BCUT2D eigenvalue weighted by molar-refractivity contribution is 7.89. The van der Waals surface area contributed by atoms with Crippen LogP contribution in [0.15, 0.2) is 23.1 Å². The second kappa shape index (κ2) is 10.5. The van der Waals surface area contributed by atoms with Crippen LogP contribution < -0.4 is 10.0 Å². The maximum Gasteiger partial charge on any atom is 0.241 e. The molecular formula is C30H45N3O4S2. The number of nitrogens with zero attached hydrogens (tertiary/aromatic N) is 1. The summed E-state index contributed by atoms with van der Waals surface area (Å²) < 4.78 is 35.2. The van der Waals surface area contributed by atoms with Crippen LogP contribution in [-0.2, 0) is 20.2 Å². The summed E-state index contributed by atoms with van der Waals surface area (Å²) in [5.74, 6) is 0.402. The van der Waals surface area contributed by atoms with E-state index in [1.54, 1.807) is 17.4 Å². The predicted octanol–water partition coefficient (Wildman–Crippen LogP) is 5.99. The summed E-state index contributed by atoms with van der Waals surface area (Å²) in [6.45, 7) is 13.1. The predicted molar refractivity (Wildman–Crippen MR) is 157 cm³/mol. The van der Waals surface area contributed by atoms with Gasteiger partial charge in [0.2, 0.25) is 10.0 Å². The first kappa shape index (κ1) is 29.1. The van der Waals surface area contributed by atoms with E-state index in [4.69, 9.17) is 9.72 Å². The van der Waals surface area contributed by atoms with Gasteiger partial charge in [-0.25, -0.2) is 18.1 Å². The zero-order valence-electron chi connectivity index (χ0n) is 24.3. The van der Waals surface area contributed by atoms with Gasteiger partial charge in [-0.3, -0.25) is 5.32 Å². The Morgan fingerprint density at radius 2 is 1.77 bits per heavy atom. The molecule has 7 nitrogen and oxygen atoms in total. The minimum absolute atomic E-state index is 0.207. The monoisotopic (exact) mass is 575 g/mol. The molecule has 2 aromatic rings. The topological polar surface area (TPSA) is 101 Å². The van der Waals surface area contributed by atoms with Gasteiger partial charge < -0.3 is 9.84 Å². The average Bonchev–Trinajstić information content (AvgIpc) is 3.16. The molecule has 1 saturated heterocycles. The molecule has 5 rings (SSSR count). The average molecular weight is 576 g/mol. The SMILES string of the molecule is CC(C)(C)NS(=O)(=O)c1ccc(-c2sc(C(O)NC3CCOCC3)nc2C2CC23CCCC3)cc1C(C)(C)C. The smallest absolute Gasteiger partial charge is 0.241 e. The van der Waals surface area contributed by atoms with Gasteiger partial charge in [0.25, 0.3) is 0 Å². The standard InChI is InChI=1S/C30H45N3O4S2/c1-28(2,3)21-17-19(9-10-23(21)39(35,36)33-29(4,5)6)25-24(22-18-30(22)13-7-8-14-30)32-27(38-25)26(34)31-20-11-15-37-16-12-20/h9-10,17,20,22,26,31,33-34H,7-8,11-16,18H2,1-6H3. The van der Waals surface area contributed by atoms with Crippen molar-refractivity contribution in [2.45, 2.75) is 121 Å². The van der Waals surface area contributed by atoms with E-state index in [-0.39, 0.29) is 11.5 Å².